The quantitative estimate of drug-likeness (QED) is 0.604. The molecule has 1 rings (SSSR count). The number of nitrogens with zero attached hydrogens (tertiary/aromatic N) is 1. The zero-order chi connectivity index (χ0) is 9.68. The van der Waals surface area contributed by atoms with Crippen LogP contribution in [-0.4, -0.2) is 6.21 Å². The lowest BCUT2D eigenvalue weighted by Gasteiger charge is -2.01. The number of rotatable bonds is 2. The van der Waals surface area contributed by atoms with Crippen LogP contribution in [0, 0.1) is 6.92 Å². The van der Waals surface area contributed by atoms with E-state index in [1.54, 1.807) is 0 Å². The highest BCUT2D eigenvalue weighted by atomic mass is 14.7. The normalized spacial score (nSPS) is 11.6. The summed E-state index contributed by atoms with van der Waals surface area (Å²) in [5.41, 5.74) is 3.48. The molecule has 68 valence electrons. The second-order valence-corrected chi connectivity index (χ2v) is 2.95. The Kier molecular flexibility index (Phi) is 3.44. The zero-order valence-corrected chi connectivity index (χ0v) is 8.41. The second-order valence-electron chi connectivity index (χ2n) is 2.95. The van der Waals surface area contributed by atoms with Crippen molar-refractivity contribution < 1.29 is 0 Å². The van der Waals surface area contributed by atoms with Gasteiger partial charge in [0.15, 0.2) is 0 Å². The summed E-state index contributed by atoms with van der Waals surface area (Å²) in [6, 6.07) is 6.27. The fourth-order valence-electron chi connectivity index (χ4n) is 1.24. The molecule has 0 aliphatic heterocycles. The predicted molar refractivity (Wildman–Crippen MR) is 59.7 cm³/mol. The molecule has 1 aromatic carbocycles. The summed E-state index contributed by atoms with van der Waals surface area (Å²) in [5.74, 6) is 0. The molecule has 0 N–H and O–H groups in total. The van der Waals surface area contributed by atoms with Gasteiger partial charge in [0.1, 0.15) is 0 Å². The first-order valence-corrected chi connectivity index (χ1v) is 4.50. The van der Waals surface area contributed by atoms with Crippen molar-refractivity contribution in [3.8, 4) is 0 Å². The van der Waals surface area contributed by atoms with E-state index < -0.39 is 0 Å². The van der Waals surface area contributed by atoms with Gasteiger partial charge in [0.2, 0.25) is 0 Å². The molecule has 0 saturated carbocycles. The molecule has 13 heavy (non-hydrogen) atoms. The molecule has 0 atom stereocenters. The van der Waals surface area contributed by atoms with Gasteiger partial charge in [-0.2, -0.15) is 0 Å². The SMILES string of the molecule is CC=Nc1ccc(C)cc1/C=C\C. The first kappa shape index (κ1) is 9.72. The molecule has 0 aliphatic rings. The van der Waals surface area contributed by atoms with Crippen molar-refractivity contribution in [2.45, 2.75) is 20.8 Å². The van der Waals surface area contributed by atoms with E-state index in [9.17, 15) is 0 Å². The molecule has 0 heterocycles. The standard InChI is InChI=1S/C12H15N/c1-4-6-11-9-10(3)7-8-12(11)13-5-2/h4-9H,1-3H3/b6-4-,13-5?. The van der Waals surface area contributed by atoms with Gasteiger partial charge < -0.3 is 0 Å². The van der Waals surface area contributed by atoms with E-state index in [1.807, 2.05) is 32.2 Å². The van der Waals surface area contributed by atoms with Crippen LogP contribution in [0.15, 0.2) is 29.3 Å². The van der Waals surface area contributed by atoms with Crippen molar-refractivity contribution in [1.82, 2.24) is 0 Å². The summed E-state index contributed by atoms with van der Waals surface area (Å²) >= 11 is 0. The van der Waals surface area contributed by atoms with E-state index in [0.717, 1.165) is 5.69 Å². The van der Waals surface area contributed by atoms with Crippen LogP contribution in [0.25, 0.3) is 6.08 Å². The Bertz CT molecular complexity index is 335. The van der Waals surface area contributed by atoms with Gasteiger partial charge in [-0.15, -0.1) is 0 Å². The third-order valence-corrected chi connectivity index (χ3v) is 1.80. The van der Waals surface area contributed by atoms with E-state index in [-0.39, 0.29) is 0 Å². The van der Waals surface area contributed by atoms with Crippen LogP contribution in [-0.2, 0) is 0 Å². The summed E-state index contributed by atoms with van der Waals surface area (Å²) in [6.45, 7) is 6.04. The monoisotopic (exact) mass is 173 g/mol. The van der Waals surface area contributed by atoms with Gasteiger partial charge in [0, 0.05) is 11.8 Å². The van der Waals surface area contributed by atoms with Crippen molar-refractivity contribution in [1.29, 1.82) is 0 Å². The molecule has 0 bridgehead atoms. The Hall–Kier alpha value is -1.37. The van der Waals surface area contributed by atoms with E-state index >= 15 is 0 Å². The zero-order valence-electron chi connectivity index (χ0n) is 8.41. The highest BCUT2D eigenvalue weighted by Crippen LogP contribution is 2.21. The van der Waals surface area contributed by atoms with E-state index in [0.29, 0.717) is 0 Å². The average Bonchev–Trinajstić information content (AvgIpc) is 2.10. The summed E-state index contributed by atoms with van der Waals surface area (Å²) < 4.78 is 0. The molecule has 0 spiro atoms. The van der Waals surface area contributed by atoms with Gasteiger partial charge in [-0.05, 0) is 32.9 Å². The van der Waals surface area contributed by atoms with Gasteiger partial charge in [0.25, 0.3) is 0 Å². The topological polar surface area (TPSA) is 12.4 Å². The highest BCUT2D eigenvalue weighted by molar-refractivity contribution is 5.69. The largest absolute Gasteiger partial charge is 0.261 e. The number of allylic oxidation sites excluding steroid dienone is 1. The van der Waals surface area contributed by atoms with Crippen molar-refractivity contribution in [2.24, 2.45) is 4.99 Å². The lowest BCUT2D eigenvalue weighted by molar-refractivity contribution is 1.42. The molecular weight excluding hydrogens is 158 g/mol. The van der Waals surface area contributed by atoms with Gasteiger partial charge in [0.05, 0.1) is 5.69 Å². The molecule has 1 aromatic rings. The van der Waals surface area contributed by atoms with E-state index in [1.165, 1.54) is 11.1 Å². The first-order valence-electron chi connectivity index (χ1n) is 4.50. The van der Waals surface area contributed by atoms with E-state index in [4.69, 9.17) is 0 Å². The number of hydrogen-bond acceptors (Lipinski definition) is 1. The minimum atomic E-state index is 1.03. The molecular formula is C12H15N. The molecule has 0 radical (unpaired) electrons. The molecule has 0 amide bonds. The molecule has 1 heteroatoms. The maximum atomic E-state index is 4.29. The van der Waals surface area contributed by atoms with Crippen LogP contribution in [0.5, 0.6) is 0 Å². The van der Waals surface area contributed by atoms with Crippen molar-refractivity contribution in [3.63, 3.8) is 0 Å². The molecule has 0 fully saturated rings. The summed E-state index contributed by atoms with van der Waals surface area (Å²) in [6.07, 6.45) is 5.93. The number of benzene rings is 1. The second kappa shape index (κ2) is 4.61. The lowest BCUT2D eigenvalue weighted by Crippen LogP contribution is -1.77. The van der Waals surface area contributed by atoms with Gasteiger partial charge >= 0.3 is 0 Å². The van der Waals surface area contributed by atoms with Crippen LogP contribution in [0.2, 0.25) is 0 Å². The fraction of sp³-hybridized carbons (Fsp3) is 0.250. The van der Waals surface area contributed by atoms with Crippen LogP contribution in [0.1, 0.15) is 25.0 Å². The molecule has 0 aromatic heterocycles. The Labute approximate surface area is 79.8 Å². The molecule has 1 nitrogen and oxygen atoms in total. The van der Waals surface area contributed by atoms with Crippen molar-refractivity contribution >= 4 is 18.0 Å². The lowest BCUT2D eigenvalue weighted by atomic mass is 10.1. The molecule has 0 saturated heterocycles. The number of aliphatic imine (C=N–C) groups is 1. The van der Waals surface area contributed by atoms with Crippen LogP contribution in [0.3, 0.4) is 0 Å². The third-order valence-electron chi connectivity index (χ3n) is 1.80. The Balaban J connectivity index is 3.18. The Morgan fingerprint density at radius 1 is 1.23 bits per heavy atom. The van der Waals surface area contributed by atoms with E-state index in [2.05, 4.69) is 30.1 Å². The Morgan fingerprint density at radius 2 is 2.00 bits per heavy atom. The maximum Gasteiger partial charge on any atom is 0.0697 e. The Morgan fingerprint density at radius 3 is 2.62 bits per heavy atom. The fourth-order valence-corrected chi connectivity index (χ4v) is 1.24. The predicted octanol–water partition coefficient (Wildman–Crippen LogP) is 3.75. The third kappa shape index (κ3) is 2.55. The minimum absolute atomic E-state index is 1.03. The summed E-state index contributed by atoms with van der Waals surface area (Å²) in [4.78, 5) is 4.29. The van der Waals surface area contributed by atoms with Gasteiger partial charge in [-0.3, -0.25) is 4.99 Å². The average molecular weight is 173 g/mol. The van der Waals surface area contributed by atoms with Gasteiger partial charge in [-0.1, -0.05) is 23.8 Å². The van der Waals surface area contributed by atoms with Crippen molar-refractivity contribution in [3.05, 3.63) is 35.4 Å². The maximum absolute atomic E-state index is 4.29. The molecule has 0 aliphatic carbocycles. The number of hydrogen-bond donors (Lipinski definition) is 0. The van der Waals surface area contributed by atoms with Crippen LogP contribution in [0.4, 0.5) is 5.69 Å². The highest BCUT2D eigenvalue weighted by Gasteiger charge is 1.96. The summed E-state index contributed by atoms with van der Waals surface area (Å²) in [7, 11) is 0. The minimum Gasteiger partial charge on any atom is -0.261 e. The number of aryl methyl sites for hydroxylation is 1. The van der Waals surface area contributed by atoms with Crippen molar-refractivity contribution in [2.75, 3.05) is 0 Å². The first-order chi connectivity index (χ1) is 6.27. The van der Waals surface area contributed by atoms with Gasteiger partial charge in [-0.25, -0.2) is 0 Å². The van der Waals surface area contributed by atoms with Crippen LogP contribution < -0.4 is 0 Å². The van der Waals surface area contributed by atoms with Crippen LogP contribution >= 0.6 is 0 Å². The smallest absolute Gasteiger partial charge is 0.0697 e. The summed E-state index contributed by atoms with van der Waals surface area (Å²) in [5, 5.41) is 0. The molecule has 0 unspecified atom stereocenters.